The highest BCUT2D eigenvalue weighted by molar-refractivity contribution is 6.33. The smallest absolute Gasteiger partial charge is 0.256 e. The highest BCUT2D eigenvalue weighted by atomic mass is 35.5. The van der Waals surface area contributed by atoms with E-state index in [-0.39, 0.29) is 5.91 Å². The zero-order valence-electron chi connectivity index (χ0n) is 10.4. The third-order valence-corrected chi connectivity index (χ3v) is 3.10. The van der Waals surface area contributed by atoms with E-state index < -0.39 is 0 Å². The quantitative estimate of drug-likeness (QED) is 0.924. The molecular formula is C14H11ClN2O3. The number of ether oxygens (including phenoxy) is 2. The van der Waals surface area contributed by atoms with Crippen molar-refractivity contribution in [1.82, 2.24) is 4.98 Å². The van der Waals surface area contributed by atoms with Gasteiger partial charge in [0.25, 0.3) is 5.91 Å². The molecule has 5 nitrogen and oxygen atoms in total. The Morgan fingerprint density at radius 2 is 2.00 bits per heavy atom. The van der Waals surface area contributed by atoms with Gasteiger partial charge in [0, 0.05) is 11.8 Å². The number of anilines is 1. The van der Waals surface area contributed by atoms with Gasteiger partial charge in [-0.2, -0.15) is 0 Å². The van der Waals surface area contributed by atoms with Gasteiger partial charge in [0.15, 0.2) is 17.3 Å². The number of hydrogen-bond donors (Lipinski definition) is 1. The van der Waals surface area contributed by atoms with Crippen molar-refractivity contribution in [3.05, 3.63) is 47.1 Å². The summed E-state index contributed by atoms with van der Waals surface area (Å²) in [4.78, 5) is 16.2. The number of carbonyl (C=O) groups is 1. The topological polar surface area (TPSA) is 60.5 Å². The standard InChI is InChI=1S/C14H11ClN2O3/c15-10-2-1-5-16-13(10)17-14(18)9-3-4-11-12(8-9)20-7-6-19-11/h1-5,8H,6-7H2,(H,16,17,18). The first-order valence-corrected chi connectivity index (χ1v) is 6.43. The van der Waals surface area contributed by atoms with Gasteiger partial charge in [-0.25, -0.2) is 4.98 Å². The molecule has 0 saturated carbocycles. The number of benzene rings is 1. The maximum Gasteiger partial charge on any atom is 0.256 e. The average molecular weight is 291 g/mol. The molecule has 0 aliphatic carbocycles. The number of amides is 1. The van der Waals surface area contributed by atoms with Crippen LogP contribution in [0.1, 0.15) is 10.4 Å². The Morgan fingerprint density at radius 1 is 1.20 bits per heavy atom. The second kappa shape index (κ2) is 5.38. The molecule has 1 aromatic heterocycles. The van der Waals surface area contributed by atoms with E-state index in [2.05, 4.69) is 10.3 Å². The van der Waals surface area contributed by atoms with Gasteiger partial charge in [-0.05, 0) is 30.3 Å². The van der Waals surface area contributed by atoms with Crippen molar-refractivity contribution in [3.63, 3.8) is 0 Å². The summed E-state index contributed by atoms with van der Waals surface area (Å²) in [7, 11) is 0. The lowest BCUT2D eigenvalue weighted by Crippen LogP contribution is -2.17. The molecule has 0 fully saturated rings. The molecule has 0 atom stereocenters. The summed E-state index contributed by atoms with van der Waals surface area (Å²) in [6.07, 6.45) is 1.56. The summed E-state index contributed by atoms with van der Waals surface area (Å²) in [6.45, 7) is 0.992. The summed E-state index contributed by atoms with van der Waals surface area (Å²) in [5.74, 6) is 1.23. The average Bonchev–Trinajstić information content (AvgIpc) is 2.49. The maximum absolute atomic E-state index is 12.1. The van der Waals surface area contributed by atoms with Gasteiger partial charge in [-0.1, -0.05) is 11.6 Å². The number of nitrogens with zero attached hydrogens (tertiary/aromatic N) is 1. The van der Waals surface area contributed by atoms with E-state index in [1.54, 1.807) is 36.5 Å². The lowest BCUT2D eigenvalue weighted by atomic mass is 10.2. The van der Waals surface area contributed by atoms with Crippen molar-refractivity contribution in [2.45, 2.75) is 0 Å². The van der Waals surface area contributed by atoms with Crippen LogP contribution in [0.3, 0.4) is 0 Å². The third kappa shape index (κ3) is 2.53. The van der Waals surface area contributed by atoms with Gasteiger partial charge >= 0.3 is 0 Å². The zero-order chi connectivity index (χ0) is 13.9. The zero-order valence-corrected chi connectivity index (χ0v) is 11.2. The van der Waals surface area contributed by atoms with Crippen LogP contribution in [-0.2, 0) is 0 Å². The van der Waals surface area contributed by atoms with Crippen LogP contribution in [-0.4, -0.2) is 24.1 Å². The lowest BCUT2D eigenvalue weighted by Gasteiger charge is -2.18. The Bertz CT molecular complexity index is 661. The normalized spacial score (nSPS) is 12.8. The van der Waals surface area contributed by atoms with E-state index in [0.717, 1.165) is 0 Å². The summed E-state index contributed by atoms with van der Waals surface area (Å²) < 4.78 is 10.8. The van der Waals surface area contributed by atoms with Crippen molar-refractivity contribution < 1.29 is 14.3 Å². The second-order valence-electron chi connectivity index (χ2n) is 4.15. The van der Waals surface area contributed by atoms with Crippen LogP contribution in [0.25, 0.3) is 0 Å². The molecule has 2 heterocycles. The molecule has 1 aliphatic rings. The minimum atomic E-state index is -0.303. The van der Waals surface area contributed by atoms with Crippen molar-refractivity contribution >= 4 is 23.3 Å². The number of carbonyl (C=O) groups excluding carboxylic acids is 1. The molecule has 2 aromatic rings. The van der Waals surface area contributed by atoms with Gasteiger partial charge in [-0.15, -0.1) is 0 Å². The number of halogens is 1. The molecule has 1 N–H and O–H groups in total. The van der Waals surface area contributed by atoms with Crippen LogP contribution in [0.15, 0.2) is 36.5 Å². The lowest BCUT2D eigenvalue weighted by molar-refractivity contribution is 0.102. The van der Waals surface area contributed by atoms with Gasteiger partial charge in [0.05, 0.1) is 5.02 Å². The molecule has 1 aromatic carbocycles. The number of fused-ring (bicyclic) bond motifs is 1. The molecule has 6 heteroatoms. The van der Waals surface area contributed by atoms with Crippen LogP contribution < -0.4 is 14.8 Å². The summed E-state index contributed by atoms with van der Waals surface area (Å²) >= 11 is 5.95. The molecule has 1 aliphatic heterocycles. The minimum Gasteiger partial charge on any atom is -0.486 e. The molecule has 0 saturated heterocycles. The summed E-state index contributed by atoms with van der Waals surface area (Å²) in [6, 6.07) is 8.37. The number of pyridine rings is 1. The van der Waals surface area contributed by atoms with Crippen molar-refractivity contribution in [2.24, 2.45) is 0 Å². The SMILES string of the molecule is O=C(Nc1ncccc1Cl)c1ccc2c(c1)OCCO2. The summed E-state index contributed by atoms with van der Waals surface area (Å²) in [5.41, 5.74) is 0.455. The highest BCUT2D eigenvalue weighted by Gasteiger charge is 2.15. The van der Waals surface area contributed by atoms with E-state index in [4.69, 9.17) is 21.1 Å². The molecule has 20 heavy (non-hydrogen) atoms. The van der Waals surface area contributed by atoms with E-state index in [1.165, 1.54) is 0 Å². The van der Waals surface area contributed by atoms with E-state index in [9.17, 15) is 4.79 Å². The Morgan fingerprint density at radius 3 is 2.80 bits per heavy atom. The third-order valence-electron chi connectivity index (χ3n) is 2.79. The fraction of sp³-hybridized carbons (Fsp3) is 0.143. The van der Waals surface area contributed by atoms with Crippen molar-refractivity contribution in [2.75, 3.05) is 18.5 Å². The Kier molecular flexibility index (Phi) is 3.43. The minimum absolute atomic E-state index is 0.303. The van der Waals surface area contributed by atoms with E-state index >= 15 is 0 Å². The van der Waals surface area contributed by atoms with Crippen LogP contribution in [0.4, 0.5) is 5.82 Å². The monoisotopic (exact) mass is 290 g/mol. The first-order chi connectivity index (χ1) is 9.74. The van der Waals surface area contributed by atoms with Gasteiger partial charge in [0.1, 0.15) is 13.2 Å². The molecule has 0 spiro atoms. The van der Waals surface area contributed by atoms with Crippen LogP contribution in [0.5, 0.6) is 11.5 Å². The number of nitrogens with one attached hydrogen (secondary N) is 1. The van der Waals surface area contributed by atoms with Crippen LogP contribution >= 0.6 is 11.6 Å². The fourth-order valence-corrected chi connectivity index (χ4v) is 2.01. The molecule has 3 rings (SSSR count). The van der Waals surface area contributed by atoms with Crippen LogP contribution in [0, 0.1) is 0 Å². The second-order valence-corrected chi connectivity index (χ2v) is 4.55. The van der Waals surface area contributed by atoms with Crippen LogP contribution in [0.2, 0.25) is 5.02 Å². The number of rotatable bonds is 2. The predicted molar refractivity (Wildman–Crippen MR) is 74.6 cm³/mol. The molecule has 1 amide bonds. The maximum atomic E-state index is 12.1. The predicted octanol–water partition coefficient (Wildman–Crippen LogP) is 2.76. The Labute approximate surface area is 120 Å². The molecule has 0 unspecified atom stereocenters. The molecule has 102 valence electrons. The first-order valence-electron chi connectivity index (χ1n) is 6.05. The number of aromatic nitrogens is 1. The van der Waals surface area contributed by atoms with Gasteiger partial charge in [-0.3, -0.25) is 4.79 Å². The molecule has 0 radical (unpaired) electrons. The fourth-order valence-electron chi connectivity index (χ4n) is 1.84. The van der Waals surface area contributed by atoms with E-state index in [0.29, 0.717) is 41.1 Å². The van der Waals surface area contributed by atoms with Gasteiger partial charge in [0.2, 0.25) is 0 Å². The Balaban J connectivity index is 1.82. The largest absolute Gasteiger partial charge is 0.486 e. The first kappa shape index (κ1) is 12.7. The van der Waals surface area contributed by atoms with Crippen molar-refractivity contribution in [1.29, 1.82) is 0 Å². The molecular weight excluding hydrogens is 280 g/mol. The highest BCUT2D eigenvalue weighted by Crippen LogP contribution is 2.31. The number of hydrogen-bond acceptors (Lipinski definition) is 4. The van der Waals surface area contributed by atoms with Crippen molar-refractivity contribution in [3.8, 4) is 11.5 Å². The Hall–Kier alpha value is -2.27. The summed E-state index contributed by atoms with van der Waals surface area (Å²) in [5, 5.41) is 3.04. The van der Waals surface area contributed by atoms with Gasteiger partial charge < -0.3 is 14.8 Å². The van der Waals surface area contributed by atoms with E-state index in [1.807, 2.05) is 0 Å². The molecule has 0 bridgehead atoms.